The minimum atomic E-state index is -0.136. The number of nitrogens with zero attached hydrogens (tertiary/aromatic N) is 4. The summed E-state index contributed by atoms with van der Waals surface area (Å²) in [7, 11) is 3.57. The Kier molecular flexibility index (Phi) is 7.30. The number of ether oxygens (including phenoxy) is 1. The Morgan fingerprint density at radius 1 is 1.30 bits per heavy atom. The molecule has 1 aliphatic carbocycles. The number of allylic oxidation sites excluding steroid dienone is 2. The van der Waals surface area contributed by atoms with Gasteiger partial charge in [-0.1, -0.05) is 31.0 Å². The highest BCUT2D eigenvalue weighted by Crippen LogP contribution is 2.34. The van der Waals surface area contributed by atoms with Crippen molar-refractivity contribution in [3.05, 3.63) is 57.7 Å². The highest BCUT2D eigenvalue weighted by molar-refractivity contribution is 6.51. The van der Waals surface area contributed by atoms with Gasteiger partial charge in [0.15, 0.2) is 0 Å². The fourth-order valence-electron chi connectivity index (χ4n) is 4.24. The van der Waals surface area contributed by atoms with Gasteiger partial charge in [-0.3, -0.25) is 9.79 Å². The molecule has 8 heteroatoms. The van der Waals surface area contributed by atoms with Gasteiger partial charge in [0.25, 0.3) is 5.56 Å². The Balaban J connectivity index is 1.68. The van der Waals surface area contributed by atoms with Crippen LogP contribution in [-0.4, -0.2) is 48.6 Å². The second-order valence-electron chi connectivity index (χ2n) is 8.17. The van der Waals surface area contributed by atoms with Crippen LogP contribution >= 0.6 is 11.6 Å². The molecule has 0 spiro atoms. The maximum atomic E-state index is 13.1. The number of aromatic nitrogens is 2. The molecule has 0 amide bonds. The van der Waals surface area contributed by atoms with Crippen molar-refractivity contribution in [2.45, 2.75) is 26.2 Å². The van der Waals surface area contributed by atoms with Crippen molar-refractivity contribution in [2.75, 3.05) is 43.6 Å². The van der Waals surface area contributed by atoms with Crippen LogP contribution in [0.25, 0.3) is 11.1 Å². The lowest BCUT2D eigenvalue weighted by Crippen LogP contribution is -2.36. The topological polar surface area (TPSA) is 71.8 Å². The number of rotatable bonds is 6. The lowest BCUT2D eigenvalue weighted by Gasteiger charge is -2.28. The molecule has 3 heterocycles. The van der Waals surface area contributed by atoms with Crippen LogP contribution < -0.4 is 15.8 Å². The van der Waals surface area contributed by atoms with E-state index in [0.717, 1.165) is 67.4 Å². The second kappa shape index (κ2) is 10.4. The summed E-state index contributed by atoms with van der Waals surface area (Å²) in [4.78, 5) is 24.3. The van der Waals surface area contributed by atoms with Gasteiger partial charge in [-0.2, -0.15) is 0 Å². The Bertz CT molecular complexity index is 1160. The van der Waals surface area contributed by atoms with Crippen molar-refractivity contribution in [1.29, 1.82) is 0 Å². The molecule has 0 bridgehead atoms. The molecule has 1 saturated heterocycles. The van der Waals surface area contributed by atoms with Gasteiger partial charge in [0, 0.05) is 38.5 Å². The number of aliphatic imine (C=N–C) groups is 1. The second-order valence-corrected chi connectivity index (χ2v) is 8.54. The van der Waals surface area contributed by atoms with E-state index in [0.29, 0.717) is 23.0 Å². The first-order valence-electron chi connectivity index (χ1n) is 11.3. The summed E-state index contributed by atoms with van der Waals surface area (Å²) in [5, 5.41) is 3.83. The molecule has 1 N–H and O–H groups in total. The third-order valence-electron chi connectivity index (χ3n) is 6.05. The average molecular weight is 468 g/mol. The SMILES string of the molecule is CCCC(=NC)C1=C(Cl)c2cc(Nc3ccc(N4CCOCC4)cn3)c(=O)n(C)c2C=CC1. The Morgan fingerprint density at radius 3 is 2.76 bits per heavy atom. The third-order valence-corrected chi connectivity index (χ3v) is 6.48. The van der Waals surface area contributed by atoms with Gasteiger partial charge in [-0.25, -0.2) is 4.98 Å². The van der Waals surface area contributed by atoms with Crippen molar-refractivity contribution >= 4 is 45.6 Å². The van der Waals surface area contributed by atoms with Gasteiger partial charge in [0.1, 0.15) is 11.5 Å². The highest BCUT2D eigenvalue weighted by atomic mass is 35.5. The maximum Gasteiger partial charge on any atom is 0.274 e. The van der Waals surface area contributed by atoms with Crippen molar-refractivity contribution in [2.24, 2.45) is 12.0 Å². The summed E-state index contributed by atoms with van der Waals surface area (Å²) in [6.07, 6.45) is 8.36. The molecule has 2 aromatic rings. The van der Waals surface area contributed by atoms with Crippen molar-refractivity contribution < 1.29 is 4.74 Å². The largest absolute Gasteiger partial charge is 0.378 e. The van der Waals surface area contributed by atoms with Crippen LogP contribution in [-0.2, 0) is 11.8 Å². The van der Waals surface area contributed by atoms with E-state index in [1.165, 1.54) is 0 Å². The number of hydrogen-bond donors (Lipinski definition) is 1. The third kappa shape index (κ3) is 4.89. The molecule has 33 heavy (non-hydrogen) atoms. The van der Waals surface area contributed by atoms with Crippen LogP contribution in [0.5, 0.6) is 0 Å². The molecule has 1 aliphatic heterocycles. The van der Waals surface area contributed by atoms with Crippen LogP contribution in [0.2, 0.25) is 0 Å². The quantitative estimate of drug-likeness (QED) is 0.629. The van der Waals surface area contributed by atoms with Crippen molar-refractivity contribution in [3.8, 4) is 0 Å². The number of halogens is 1. The fraction of sp³-hybridized carbons (Fsp3) is 0.400. The van der Waals surface area contributed by atoms with Crippen LogP contribution in [0.4, 0.5) is 17.2 Å². The Morgan fingerprint density at radius 2 is 2.09 bits per heavy atom. The average Bonchev–Trinajstić information content (AvgIpc) is 3.01. The normalized spacial score (nSPS) is 16.6. The van der Waals surface area contributed by atoms with Gasteiger partial charge in [-0.05, 0) is 42.7 Å². The van der Waals surface area contributed by atoms with Gasteiger partial charge < -0.3 is 19.5 Å². The molecule has 0 aromatic carbocycles. The molecule has 4 rings (SSSR count). The molecular formula is C25H30ClN5O2. The number of nitrogens with one attached hydrogen (secondary N) is 1. The van der Waals surface area contributed by atoms with Gasteiger partial charge >= 0.3 is 0 Å². The zero-order chi connectivity index (χ0) is 23.4. The van der Waals surface area contributed by atoms with E-state index in [2.05, 4.69) is 27.1 Å². The van der Waals surface area contributed by atoms with E-state index in [1.54, 1.807) is 18.7 Å². The summed E-state index contributed by atoms with van der Waals surface area (Å²) < 4.78 is 7.05. The molecule has 0 unspecified atom stereocenters. The summed E-state index contributed by atoms with van der Waals surface area (Å²) in [6, 6.07) is 5.73. The van der Waals surface area contributed by atoms with Crippen molar-refractivity contribution in [3.63, 3.8) is 0 Å². The van der Waals surface area contributed by atoms with Crippen LogP contribution in [0.3, 0.4) is 0 Å². The van der Waals surface area contributed by atoms with Crippen LogP contribution in [0.15, 0.2) is 45.8 Å². The molecule has 0 saturated carbocycles. The first-order chi connectivity index (χ1) is 16.0. The standard InChI is InChI=1S/C25H30ClN5O2/c1-4-6-20(27-2)18-7-5-8-22-19(24(18)26)15-21(25(32)30(22)3)29-23-10-9-17(16-28-23)31-11-13-33-14-12-31/h5,8-10,15-16H,4,6-7,11-14H2,1-3H3,(H,28,29). The first-order valence-corrected chi connectivity index (χ1v) is 11.7. The predicted octanol–water partition coefficient (Wildman–Crippen LogP) is 4.60. The fourth-order valence-corrected chi connectivity index (χ4v) is 4.58. The number of anilines is 3. The first kappa shape index (κ1) is 23.3. The van der Waals surface area contributed by atoms with Gasteiger partial charge in [-0.15, -0.1) is 0 Å². The summed E-state index contributed by atoms with van der Waals surface area (Å²) >= 11 is 6.92. The maximum absolute atomic E-state index is 13.1. The molecule has 7 nitrogen and oxygen atoms in total. The molecule has 0 atom stereocenters. The molecular weight excluding hydrogens is 438 g/mol. The smallest absolute Gasteiger partial charge is 0.274 e. The van der Waals surface area contributed by atoms with Crippen LogP contribution in [0.1, 0.15) is 37.4 Å². The van der Waals surface area contributed by atoms with E-state index in [9.17, 15) is 4.79 Å². The number of pyridine rings is 2. The Labute approximate surface area is 199 Å². The van der Waals surface area contributed by atoms with E-state index < -0.39 is 0 Å². The number of hydrogen-bond acceptors (Lipinski definition) is 6. The lowest BCUT2D eigenvalue weighted by molar-refractivity contribution is 0.122. The summed E-state index contributed by atoms with van der Waals surface area (Å²) in [5.41, 5.74) is 4.95. The lowest BCUT2D eigenvalue weighted by atomic mass is 10.0. The van der Waals surface area contributed by atoms with E-state index in [4.69, 9.17) is 16.3 Å². The van der Waals surface area contributed by atoms with E-state index in [-0.39, 0.29) is 5.56 Å². The van der Waals surface area contributed by atoms with Crippen molar-refractivity contribution in [1.82, 2.24) is 9.55 Å². The molecule has 1 fully saturated rings. The van der Waals surface area contributed by atoms with Crippen LogP contribution in [0, 0.1) is 0 Å². The van der Waals surface area contributed by atoms with Gasteiger partial charge in [0.05, 0.1) is 35.8 Å². The molecule has 0 radical (unpaired) electrons. The minimum Gasteiger partial charge on any atom is -0.378 e. The molecule has 174 valence electrons. The zero-order valence-electron chi connectivity index (χ0n) is 19.4. The minimum absolute atomic E-state index is 0.136. The van der Waals surface area contributed by atoms with Gasteiger partial charge in [0.2, 0.25) is 0 Å². The number of fused-ring (bicyclic) bond motifs is 1. The summed E-state index contributed by atoms with van der Waals surface area (Å²) in [6.45, 7) is 5.27. The van der Waals surface area contributed by atoms with E-state index in [1.807, 2.05) is 36.5 Å². The predicted molar refractivity (Wildman–Crippen MR) is 137 cm³/mol. The van der Waals surface area contributed by atoms with E-state index >= 15 is 0 Å². The Hall–Kier alpha value is -2.90. The zero-order valence-corrected chi connectivity index (χ0v) is 20.2. The molecule has 2 aromatic heterocycles. The summed E-state index contributed by atoms with van der Waals surface area (Å²) in [5.74, 6) is 0.607. The molecule has 2 aliphatic rings. The highest BCUT2D eigenvalue weighted by Gasteiger charge is 2.21. The number of morpholine rings is 1. The monoisotopic (exact) mass is 467 g/mol.